The molecule has 7 nitrogen and oxygen atoms in total. The van der Waals surface area contributed by atoms with Gasteiger partial charge in [-0.2, -0.15) is 14.9 Å². The van der Waals surface area contributed by atoms with Crippen molar-refractivity contribution in [2.75, 3.05) is 5.73 Å². The standard InChI is InChI=1S/C13H15N7/c1-6-5-9(16-7(2)15-6)20-13-10(12(14)17-18-13)11(19-20)8-3-4-8/h5,8H,3-4H2,1-2H3,(H3,14,17,18). The minimum absolute atomic E-state index is 0.502. The maximum Gasteiger partial charge on any atom is 0.188 e. The summed E-state index contributed by atoms with van der Waals surface area (Å²) in [6, 6.07) is 1.90. The van der Waals surface area contributed by atoms with Crippen LogP contribution >= 0.6 is 0 Å². The largest absolute Gasteiger partial charge is 0.383 e. The van der Waals surface area contributed by atoms with Crippen molar-refractivity contribution in [1.82, 2.24) is 29.9 Å². The molecule has 20 heavy (non-hydrogen) atoms. The lowest BCUT2D eigenvalue weighted by molar-refractivity contribution is 0.801. The lowest BCUT2D eigenvalue weighted by Crippen LogP contribution is -2.04. The van der Waals surface area contributed by atoms with Gasteiger partial charge in [0.2, 0.25) is 0 Å². The molecule has 0 radical (unpaired) electrons. The fourth-order valence-electron chi connectivity index (χ4n) is 2.56. The van der Waals surface area contributed by atoms with Crippen molar-refractivity contribution >= 4 is 16.9 Å². The summed E-state index contributed by atoms with van der Waals surface area (Å²) in [7, 11) is 0. The van der Waals surface area contributed by atoms with Crippen molar-refractivity contribution in [2.24, 2.45) is 0 Å². The smallest absolute Gasteiger partial charge is 0.188 e. The molecule has 1 aliphatic carbocycles. The van der Waals surface area contributed by atoms with E-state index in [1.807, 2.05) is 19.9 Å². The van der Waals surface area contributed by atoms with Crippen molar-refractivity contribution in [3.8, 4) is 5.82 Å². The zero-order chi connectivity index (χ0) is 13.9. The van der Waals surface area contributed by atoms with Gasteiger partial charge in [-0.25, -0.2) is 9.97 Å². The van der Waals surface area contributed by atoms with Crippen molar-refractivity contribution in [2.45, 2.75) is 32.6 Å². The number of aryl methyl sites for hydroxylation is 2. The summed E-state index contributed by atoms with van der Waals surface area (Å²) in [4.78, 5) is 8.75. The molecule has 0 spiro atoms. The lowest BCUT2D eigenvalue weighted by atomic mass is 10.2. The first-order valence-corrected chi connectivity index (χ1v) is 6.68. The first-order valence-electron chi connectivity index (χ1n) is 6.68. The maximum absolute atomic E-state index is 5.99. The Bertz CT molecular complexity index is 789. The van der Waals surface area contributed by atoms with Crippen LogP contribution in [0.3, 0.4) is 0 Å². The van der Waals surface area contributed by atoms with Gasteiger partial charge in [0.1, 0.15) is 11.6 Å². The Labute approximate surface area is 115 Å². The third-order valence-electron chi connectivity index (χ3n) is 3.57. The van der Waals surface area contributed by atoms with E-state index < -0.39 is 0 Å². The van der Waals surface area contributed by atoms with E-state index in [1.54, 1.807) is 4.68 Å². The van der Waals surface area contributed by atoms with Crippen LogP contribution in [0.4, 0.5) is 5.82 Å². The molecule has 0 bridgehead atoms. The van der Waals surface area contributed by atoms with E-state index in [2.05, 4.69) is 25.3 Å². The van der Waals surface area contributed by atoms with Crippen LogP contribution in [0.1, 0.15) is 36.0 Å². The third-order valence-corrected chi connectivity index (χ3v) is 3.57. The number of aromatic nitrogens is 6. The highest BCUT2D eigenvalue weighted by Gasteiger charge is 2.31. The molecule has 0 aliphatic heterocycles. The second-order valence-corrected chi connectivity index (χ2v) is 5.32. The molecule has 1 aliphatic rings. The molecule has 102 valence electrons. The van der Waals surface area contributed by atoms with Gasteiger partial charge in [-0.3, -0.25) is 5.10 Å². The molecular weight excluding hydrogens is 254 g/mol. The minimum atomic E-state index is 0.502. The average molecular weight is 269 g/mol. The number of nitrogens with one attached hydrogen (secondary N) is 1. The summed E-state index contributed by atoms with van der Waals surface area (Å²) in [5.41, 5.74) is 8.67. The molecule has 7 heteroatoms. The molecule has 0 unspecified atom stereocenters. The van der Waals surface area contributed by atoms with E-state index in [4.69, 9.17) is 5.73 Å². The number of nitrogens with zero attached hydrogens (tertiary/aromatic N) is 5. The van der Waals surface area contributed by atoms with Crippen molar-refractivity contribution in [3.05, 3.63) is 23.3 Å². The average Bonchev–Trinajstić information content (AvgIpc) is 3.05. The number of H-pyrrole nitrogens is 1. The topological polar surface area (TPSA) is 98.3 Å². The second kappa shape index (κ2) is 3.78. The van der Waals surface area contributed by atoms with E-state index in [-0.39, 0.29) is 0 Å². The molecule has 3 aromatic heterocycles. The molecule has 0 aromatic carbocycles. The predicted molar refractivity (Wildman–Crippen MR) is 74.7 cm³/mol. The summed E-state index contributed by atoms with van der Waals surface area (Å²) < 4.78 is 1.76. The molecule has 0 saturated heterocycles. The Morgan fingerprint density at radius 2 is 2.10 bits per heavy atom. The van der Waals surface area contributed by atoms with Crippen LogP contribution in [0.2, 0.25) is 0 Å². The third kappa shape index (κ3) is 1.59. The lowest BCUT2D eigenvalue weighted by Gasteiger charge is -2.03. The van der Waals surface area contributed by atoms with Gasteiger partial charge in [0.25, 0.3) is 0 Å². The predicted octanol–water partition coefficient (Wildman–Crippen LogP) is 1.62. The zero-order valence-electron chi connectivity index (χ0n) is 11.4. The normalized spacial score (nSPS) is 15.1. The maximum atomic E-state index is 5.99. The van der Waals surface area contributed by atoms with Gasteiger partial charge in [-0.1, -0.05) is 0 Å². The van der Waals surface area contributed by atoms with Crippen LogP contribution in [-0.4, -0.2) is 29.9 Å². The summed E-state index contributed by atoms with van der Waals surface area (Å²) >= 11 is 0. The zero-order valence-corrected chi connectivity index (χ0v) is 11.4. The van der Waals surface area contributed by atoms with Crippen LogP contribution in [0, 0.1) is 13.8 Å². The quantitative estimate of drug-likeness (QED) is 0.736. The molecular formula is C13H15N7. The number of fused-ring (bicyclic) bond motifs is 1. The molecule has 3 N–H and O–H groups in total. The van der Waals surface area contributed by atoms with Gasteiger partial charge in [-0.05, 0) is 26.7 Å². The first kappa shape index (κ1) is 11.4. The van der Waals surface area contributed by atoms with Gasteiger partial charge >= 0.3 is 0 Å². The number of nitrogens with two attached hydrogens (primary N) is 1. The monoisotopic (exact) mass is 269 g/mol. The molecule has 3 heterocycles. The Kier molecular flexibility index (Phi) is 2.15. The SMILES string of the molecule is Cc1cc(-n2nc(C3CC3)c3c(N)[nH]nc32)nc(C)n1. The molecule has 1 fully saturated rings. The fourth-order valence-corrected chi connectivity index (χ4v) is 2.56. The summed E-state index contributed by atoms with van der Waals surface area (Å²) in [6.45, 7) is 3.82. The summed E-state index contributed by atoms with van der Waals surface area (Å²) in [5.74, 6) is 2.54. The van der Waals surface area contributed by atoms with E-state index in [0.717, 1.165) is 34.1 Å². The molecule has 0 amide bonds. The Morgan fingerprint density at radius 1 is 1.30 bits per heavy atom. The van der Waals surface area contributed by atoms with E-state index in [1.165, 1.54) is 12.8 Å². The Morgan fingerprint density at radius 3 is 2.80 bits per heavy atom. The van der Waals surface area contributed by atoms with Gasteiger partial charge in [-0.15, -0.1) is 0 Å². The van der Waals surface area contributed by atoms with Crippen LogP contribution in [-0.2, 0) is 0 Å². The number of hydrogen-bond acceptors (Lipinski definition) is 5. The van der Waals surface area contributed by atoms with Crippen LogP contribution in [0.25, 0.3) is 16.9 Å². The van der Waals surface area contributed by atoms with Crippen LogP contribution in [0.15, 0.2) is 6.07 Å². The van der Waals surface area contributed by atoms with Crippen molar-refractivity contribution in [3.63, 3.8) is 0 Å². The Hall–Kier alpha value is -2.44. The molecule has 4 rings (SSSR count). The Balaban J connectivity index is 1.99. The molecule has 1 saturated carbocycles. The van der Waals surface area contributed by atoms with E-state index in [0.29, 0.717) is 11.7 Å². The fraction of sp³-hybridized carbons (Fsp3) is 0.385. The van der Waals surface area contributed by atoms with E-state index >= 15 is 0 Å². The highest BCUT2D eigenvalue weighted by atomic mass is 15.4. The second-order valence-electron chi connectivity index (χ2n) is 5.32. The summed E-state index contributed by atoms with van der Waals surface area (Å²) in [5, 5.41) is 12.7. The van der Waals surface area contributed by atoms with Gasteiger partial charge in [0, 0.05) is 17.7 Å². The number of rotatable bonds is 2. The summed E-state index contributed by atoms with van der Waals surface area (Å²) in [6.07, 6.45) is 2.33. The number of anilines is 1. The van der Waals surface area contributed by atoms with Crippen LogP contribution in [0.5, 0.6) is 0 Å². The van der Waals surface area contributed by atoms with Crippen LogP contribution < -0.4 is 5.73 Å². The number of aromatic amines is 1. The molecule has 0 atom stereocenters. The highest BCUT2D eigenvalue weighted by Crippen LogP contribution is 2.43. The minimum Gasteiger partial charge on any atom is -0.383 e. The first-order chi connectivity index (χ1) is 9.63. The highest BCUT2D eigenvalue weighted by molar-refractivity contribution is 5.90. The van der Waals surface area contributed by atoms with Crippen molar-refractivity contribution in [1.29, 1.82) is 0 Å². The number of nitrogen functional groups attached to an aromatic ring is 1. The van der Waals surface area contributed by atoms with Gasteiger partial charge < -0.3 is 5.73 Å². The van der Waals surface area contributed by atoms with Crippen molar-refractivity contribution < 1.29 is 0 Å². The van der Waals surface area contributed by atoms with E-state index in [9.17, 15) is 0 Å². The number of hydrogen-bond donors (Lipinski definition) is 2. The van der Waals surface area contributed by atoms with Gasteiger partial charge in [0.15, 0.2) is 11.5 Å². The van der Waals surface area contributed by atoms with Gasteiger partial charge in [0.05, 0.1) is 11.1 Å². The molecule has 3 aromatic rings.